The summed E-state index contributed by atoms with van der Waals surface area (Å²) in [5.41, 5.74) is 1.49. The van der Waals surface area contributed by atoms with Crippen LogP contribution in [0, 0.1) is 5.92 Å². The molecule has 2 atom stereocenters. The van der Waals surface area contributed by atoms with E-state index in [0.29, 0.717) is 29.0 Å². The normalized spacial score (nSPS) is 19.4. The first-order valence-corrected chi connectivity index (χ1v) is 9.78. The van der Waals surface area contributed by atoms with Crippen LogP contribution in [-0.4, -0.2) is 29.0 Å². The first-order valence-electron chi connectivity index (χ1n) is 9.40. The Kier molecular flexibility index (Phi) is 6.56. The summed E-state index contributed by atoms with van der Waals surface area (Å²) < 4.78 is 5.72. The van der Waals surface area contributed by atoms with Crippen LogP contribution in [0.15, 0.2) is 42.6 Å². The number of halogens is 1. The van der Waals surface area contributed by atoms with Crippen molar-refractivity contribution >= 4 is 23.3 Å². The fourth-order valence-electron chi connectivity index (χ4n) is 3.57. The van der Waals surface area contributed by atoms with Gasteiger partial charge < -0.3 is 15.0 Å². The van der Waals surface area contributed by atoms with E-state index >= 15 is 0 Å². The summed E-state index contributed by atoms with van der Waals surface area (Å²) in [7, 11) is 1.87. The second kappa shape index (κ2) is 9.09. The lowest BCUT2D eigenvalue weighted by molar-refractivity contribution is 0.155. The Morgan fingerprint density at radius 3 is 2.81 bits per heavy atom. The standard InChI is InChI=1S/C21H26ClN3O2/c1-15-7-3-4-9-19(15)25(2)21(26)24-16-10-11-20(18(22)13-16)27-14-17-8-5-6-12-23-17/h5-6,8,10-13,15,19H,3-4,7,9,14H2,1-2H3,(H,24,26)/t15-,19-/m1/s1. The highest BCUT2D eigenvalue weighted by atomic mass is 35.5. The topological polar surface area (TPSA) is 54.5 Å². The van der Waals surface area contributed by atoms with Crippen molar-refractivity contribution in [2.24, 2.45) is 5.92 Å². The third-order valence-electron chi connectivity index (χ3n) is 5.17. The number of hydrogen-bond donors (Lipinski definition) is 1. The Morgan fingerprint density at radius 2 is 2.11 bits per heavy atom. The number of amides is 2. The van der Waals surface area contributed by atoms with Crippen LogP contribution in [0.25, 0.3) is 0 Å². The number of carbonyl (C=O) groups is 1. The summed E-state index contributed by atoms with van der Waals surface area (Å²) in [5.74, 6) is 1.09. The smallest absolute Gasteiger partial charge is 0.321 e. The highest BCUT2D eigenvalue weighted by Gasteiger charge is 2.27. The molecular weight excluding hydrogens is 362 g/mol. The Hall–Kier alpha value is -2.27. The zero-order valence-electron chi connectivity index (χ0n) is 15.8. The van der Waals surface area contributed by atoms with E-state index in [1.807, 2.05) is 30.1 Å². The summed E-state index contributed by atoms with van der Waals surface area (Å²) in [4.78, 5) is 18.6. The minimum absolute atomic E-state index is 0.105. The van der Waals surface area contributed by atoms with E-state index in [9.17, 15) is 4.79 Å². The van der Waals surface area contributed by atoms with Crippen LogP contribution in [0.5, 0.6) is 5.75 Å². The van der Waals surface area contributed by atoms with Crippen molar-refractivity contribution in [1.29, 1.82) is 0 Å². The summed E-state index contributed by atoms with van der Waals surface area (Å²) in [6, 6.07) is 11.1. The molecule has 3 rings (SSSR count). The molecule has 27 heavy (non-hydrogen) atoms. The molecule has 144 valence electrons. The fraction of sp³-hybridized carbons (Fsp3) is 0.429. The van der Waals surface area contributed by atoms with Crippen LogP contribution in [0.2, 0.25) is 5.02 Å². The van der Waals surface area contributed by atoms with E-state index in [0.717, 1.165) is 12.1 Å². The van der Waals surface area contributed by atoms with E-state index in [2.05, 4.69) is 17.2 Å². The molecule has 0 saturated heterocycles. The third-order valence-corrected chi connectivity index (χ3v) is 5.46. The maximum atomic E-state index is 12.6. The van der Waals surface area contributed by atoms with Crippen LogP contribution in [0.3, 0.4) is 0 Å². The van der Waals surface area contributed by atoms with Gasteiger partial charge in [0.2, 0.25) is 0 Å². The van der Waals surface area contributed by atoms with Crippen molar-refractivity contribution in [2.75, 3.05) is 12.4 Å². The van der Waals surface area contributed by atoms with Crippen molar-refractivity contribution in [3.05, 3.63) is 53.3 Å². The minimum Gasteiger partial charge on any atom is -0.486 e. The van der Waals surface area contributed by atoms with Crippen molar-refractivity contribution in [3.63, 3.8) is 0 Å². The molecular formula is C21H26ClN3O2. The Labute approximate surface area is 165 Å². The molecule has 2 amide bonds. The fourth-order valence-corrected chi connectivity index (χ4v) is 3.80. The number of nitrogens with one attached hydrogen (secondary N) is 1. The zero-order valence-corrected chi connectivity index (χ0v) is 16.6. The van der Waals surface area contributed by atoms with Crippen LogP contribution >= 0.6 is 11.6 Å². The average molecular weight is 388 g/mol. The number of carbonyl (C=O) groups excluding carboxylic acids is 1. The lowest BCUT2D eigenvalue weighted by Gasteiger charge is -2.36. The summed E-state index contributed by atoms with van der Waals surface area (Å²) in [6.45, 7) is 2.56. The van der Waals surface area contributed by atoms with Gasteiger partial charge >= 0.3 is 6.03 Å². The van der Waals surface area contributed by atoms with Gasteiger partial charge in [-0.25, -0.2) is 4.79 Å². The van der Waals surface area contributed by atoms with Gasteiger partial charge in [0, 0.05) is 25.0 Å². The lowest BCUT2D eigenvalue weighted by Crippen LogP contribution is -2.44. The van der Waals surface area contributed by atoms with E-state index in [1.165, 1.54) is 19.3 Å². The van der Waals surface area contributed by atoms with Gasteiger partial charge in [-0.3, -0.25) is 4.98 Å². The monoisotopic (exact) mass is 387 g/mol. The van der Waals surface area contributed by atoms with Crippen molar-refractivity contribution in [2.45, 2.75) is 45.3 Å². The van der Waals surface area contributed by atoms with Gasteiger partial charge in [-0.2, -0.15) is 0 Å². The van der Waals surface area contributed by atoms with Crippen molar-refractivity contribution in [3.8, 4) is 5.75 Å². The van der Waals surface area contributed by atoms with Crippen molar-refractivity contribution in [1.82, 2.24) is 9.88 Å². The van der Waals surface area contributed by atoms with E-state index in [-0.39, 0.29) is 12.1 Å². The molecule has 1 saturated carbocycles. The number of ether oxygens (including phenoxy) is 1. The molecule has 1 aliphatic carbocycles. The first-order chi connectivity index (χ1) is 13.0. The molecule has 1 heterocycles. The van der Waals surface area contributed by atoms with E-state index in [1.54, 1.807) is 24.4 Å². The number of pyridine rings is 1. The molecule has 0 spiro atoms. The molecule has 0 bridgehead atoms. The summed E-state index contributed by atoms with van der Waals surface area (Å²) >= 11 is 6.32. The quantitative estimate of drug-likeness (QED) is 0.751. The average Bonchev–Trinajstić information content (AvgIpc) is 2.68. The van der Waals surface area contributed by atoms with Gasteiger partial charge in [-0.15, -0.1) is 0 Å². The van der Waals surface area contributed by atoms with Gasteiger partial charge in [0.05, 0.1) is 10.7 Å². The molecule has 5 nitrogen and oxygen atoms in total. The largest absolute Gasteiger partial charge is 0.486 e. The molecule has 0 unspecified atom stereocenters. The number of hydrogen-bond acceptors (Lipinski definition) is 3. The Morgan fingerprint density at radius 1 is 1.30 bits per heavy atom. The summed E-state index contributed by atoms with van der Waals surface area (Å²) in [6.07, 6.45) is 6.40. The molecule has 0 radical (unpaired) electrons. The molecule has 1 aromatic heterocycles. The van der Waals surface area contributed by atoms with Crippen molar-refractivity contribution < 1.29 is 9.53 Å². The molecule has 6 heteroatoms. The maximum Gasteiger partial charge on any atom is 0.321 e. The van der Waals surface area contributed by atoms with Gasteiger partial charge in [0.15, 0.2) is 0 Å². The molecule has 1 aliphatic rings. The number of anilines is 1. The predicted octanol–water partition coefficient (Wildman–Crippen LogP) is 5.36. The number of benzene rings is 1. The maximum absolute atomic E-state index is 12.6. The second-order valence-corrected chi connectivity index (χ2v) is 7.53. The zero-order chi connectivity index (χ0) is 19.2. The number of aromatic nitrogens is 1. The van der Waals surface area contributed by atoms with Crippen LogP contribution in [-0.2, 0) is 6.61 Å². The van der Waals surface area contributed by atoms with E-state index in [4.69, 9.17) is 16.3 Å². The van der Waals surface area contributed by atoms with Gasteiger partial charge in [0.1, 0.15) is 12.4 Å². The highest BCUT2D eigenvalue weighted by Crippen LogP contribution is 2.30. The summed E-state index contributed by atoms with van der Waals surface area (Å²) in [5, 5.41) is 3.39. The second-order valence-electron chi connectivity index (χ2n) is 7.13. The minimum atomic E-state index is -0.105. The van der Waals surface area contributed by atoms with Gasteiger partial charge in [0.25, 0.3) is 0 Å². The number of nitrogens with zero attached hydrogens (tertiary/aromatic N) is 2. The third kappa shape index (κ3) is 5.13. The molecule has 1 N–H and O–H groups in total. The molecule has 1 aromatic carbocycles. The lowest BCUT2D eigenvalue weighted by atomic mass is 9.85. The predicted molar refractivity (Wildman–Crippen MR) is 108 cm³/mol. The Bertz CT molecular complexity index is 769. The molecule has 1 fully saturated rings. The van der Waals surface area contributed by atoms with E-state index < -0.39 is 0 Å². The number of urea groups is 1. The van der Waals surface area contributed by atoms with Crippen LogP contribution < -0.4 is 10.1 Å². The van der Waals surface area contributed by atoms with Crippen LogP contribution in [0.1, 0.15) is 38.3 Å². The first kappa shape index (κ1) is 19.5. The van der Waals surface area contributed by atoms with Gasteiger partial charge in [-0.1, -0.05) is 37.4 Å². The van der Waals surface area contributed by atoms with Crippen LogP contribution in [0.4, 0.5) is 10.5 Å². The number of rotatable bonds is 5. The SMILES string of the molecule is C[C@@H]1CCCC[C@H]1N(C)C(=O)Nc1ccc(OCc2ccccn2)c(Cl)c1. The highest BCUT2D eigenvalue weighted by molar-refractivity contribution is 6.32. The molecule has 0 aliphatic heterocycles. The molecule has 2 aromatic rings. The van der Waals surface area contributed by atoms with Gasteiger partial charge in [-0.05, 0) is 49.1 Å². The Balaban J connectivity index is 1.59.